The van der Waals surface area contributed by atoms with Crippen molar-refractivity contribution in [3.8, 4) is 0 Å². The molecule has 0 aliphatic carbocycles. The van der Waals surface area contributed by atoms with Crippen molar-refractivity contribution in [2.24, 2.45) is 11.8 Å². The Morgan fingerprint density at radius 1 is 1.06 bits per heavy atom. The van der Waals surface area contributed by atoms with Crippen LogP contribution >= 0.6 is 0 Å². The third-order valence-electron chi connectivity index (χ3n) is 3.44. The van der Waals surface area contributed by atoms with Gasteiger partial charge >= 0.3 is 0 Å². The number of aliphatic hydroxyl groups excluding tert-OH is 1. The Hall–Kier alpha value is -0.0800. The largest absolute Gasteiger partial charge is 0.395 e. The van der Waals surface area contributed by atoms with Gasteiger partial charge in [0.25, 0.3) is 0 Å². The Balaban J connectivity index is 3.78. The SMILES string of the molecule is CCC(C)C(CO)NC(C)CCCC(C)C. The Labute approximate surface area is 102 Å². The summed E-state index contributed by atoms with van der Waals surface area (Å²) < 4.78 is 0. The van der Waals surface area contributed by atoms with E-state index >= 15 is 0 Å². The minimum absolute atomic E-state index is 0.253. The molecule has 0 amide bonds. The van der Waals surface area contributed by atoms with Crippen molar-refractivity contribution in [1.29, 1.82) is 0 Å². The maximum Gasteiger partial charge on any atom is 0.0587 e. The molecular formula is C14H31NO. The van der Waals surface area contributed by atoms with E-state index in [0.29, 0.717) is 12.0 Å². The van der Waals surface area contributed by atoms with E-state index in [9.17, 15) is 5.11 Å². The average molecular weight is 229 g/mol. The van der Waals surface area contributed by atoms with Crippen LogP contribution in [0.3, 0.4) is 0 Å². The molecule has 98 valence electrons. The topological polar surface area (TPSA) is 32.3 Å². The van der Waals surface area contributed by atoms with E-state index in [0.717, 1.165) is 12.3 Å². The van der Waals surface area contributed by atoms with Crippen LogP contribution in [0.1, 0.15) is 60.3 Å². The van der Waals surface area contributed by atoms with Crippen molar-refractivity contribution < 1.29 is 5.11 Å². The van der Waals surface area contributed by atoms with Crippen molar-refractivity contribution in [3.63, 3.8) is 0 Å². The monoisotopic (exact) mass is 229 g/mol. The van der Waals surface area contributed by atoms with E-state index in [1.54, 1.807) is 0 Å². The lowest BCUT2D eigenvalue weighted by atomic mass is 9.97. The van der Waals surface area contributed by atoms with E-state index in [4.69, 9.17) is 0 Å². The summed E-state index contributed by atoms with van der Waals surface area (Å²) in [5.41, 5.74) is 0. The van der Waals surface area contributed by atoms with Crippen molar-refractivity contribution in [2.45, 2.75) is 72.4 Å². The highest BCUT2D eigenvalue weighted by Gasteiger charge is 2.16. The lowest BCUT2D eigenvalue weighted by Gasteiger charge is -2.26. The third kappa shape index (κ3) is 7.24. The highest BCUT2D eigenvalue weighted by molar-refractivity contribution is 4.75. The van der Waals surface area contributed by atoms with E-state index in [-0.39, 0.29) is 12.6 Å². The van der Waals surface area contributed by atoms with Crippen molar-refractivity contribution in [3.05, 3.63) is 0 Å². The van der Waals surface area contributed by atoms with Crippen LogP contribution in [0.2, 0.25) is 0 Å². The highest BCUT2D eigenvalue weighted by atomic mass is 16.3. The van der Waals surface area contributed by atoms with Crippen molar-refractivity contribution in [2.75, 3.05) is 6.61 Å². The van der Waals surface area contributed by atoms with Gasteiger partial charge in [-0.1, -0.05) is 47.0 Å². The van der Waals surface area contributed by atoms with Gasteiger partial charge in [0.15, 0.2) is 0 Å². The molecule has 2 heteroatoms. The van der Waals surface area contributed by atoms with Gasteiger partial charge in [0.2, 0.25) is 0 Å². The van der Waals surface area contributed by atoms with E-state index in [2.05, 4.69) is 39.9 Å². The van der Waals surface area contributed by atoms with Crippen molar-refractivity contribution >= 4 is 0 Å². The Bertz CT molecular complexity index is 159. The predicted octanol–water partition coefficient (Wildman–Crippen LogP) is 3.20. The third-order valence-corrected chi connectivity index (χ3v) is 3.44. The first-order valence-corrected chi connectivity index (χ1v) is 6.88. The maximum atomic E-state index is 9.33. The minimum atomic E-state index is 0.253. The lowest BCUT2D eigenvalue weighted by molar-refractivity contribution is 0.189. The van der Waals surface area contributed by atoms with Crippen LogP contribution in [0.15, 0.2) is 0 Å². The molecule has 0 aromatic heterocycles. The average Bonchev–Trinajstić information content (AvgIpc) is 2.24. The van der Waals surface area contributed by atoms with Gasteiger partial charge < -0.3 is 10.4 Å². The molecule has 16 heavy (non-hydrogen) atoms. The van der Waals surface area contributed by atoms with Crippen molar-refractivity contribution in [1.82, 2.24) is 5.32 Å². The first-order valence-electron chi connectivity index (χ1n) is 6.88. The van der Waals surface area contributed by atoms with Crippen LogP contribution in [0.5, 0.6) is 0 Å². The molecule has 0 radical (unpaired) electrons. The van der Waals surface area contributed by atoms with Crippen LogP contribution in [0, 0.1) is 11.8 Å². The van der Waals surface area contributed by atoms with Gasteiger partial charge in [0, 0.05) is 12.1 Å². The van der Waals surface area contributed by atoms with E-state index < -0.39 is 0 Å². The molecule has 0 spiro atoms. The molecule has 0 fully saturated rings. The number of aliphatic hydroxyl groups is 1. The smallest absolute Gasteiger partial charge is 0.0587 e. The molecule has 0 aromatic carbocycles. The van der Waals surface area contributed by atoms with Crippen LogP contribution in [0.25, 0.3) is 0 Å². The Kier molecular flexibility index (Phi) is 8.96. The minimum Gasteiger partial charge on any atom is -0.395 e. The summed E-state index contributed by atoms with van der Waals surface area (Å²) in [4.78, 5) is 0. The summed E-state index contributed by atoms with van der Waals surface area (Å²) in [7, 11) is 0. The molecule has 0 aliphatic heterocycles. The molecule has 0 heterocycles. The lowest BCUT2D eigenvalue weighted by Crippen LogP contribution is -2.43. The molecule has 3 atom stereocenters. The number of nitrogens with one attached hydrogen (secondary N) is 1. The second-order valence-electron chi connectivity index (χ2n) is 5.57. The molecule has 3 unspecified atom stereocenters. The molecule has 0 rings (SSSR count). The summed E-state index contributed by atoms with van der Waals surface area (Å²) >= 11 is 0. The molecule has 0 bridgehead atoms. The summed E-state index contributed by atoms with van der Waals surface area (Å²) in [6, 6.07) is 0.781. The van der Waals surface area contributed by atoms with Gasteiger partial charge in [-0.25, -0.2) is 0 Å². The number of hydrogen-bond acceptors (Lipinski definition) is 2. The molecular weight excluding hydrogens is 198 g/mol. The number of hydrogen-bond donors (Lipinski definition) is 2. The van der Waals surface area contributed by atoms with Gasteiger partial charge in [0.1, 0.15) is 0 Å². The molecule has 0 aliphatic rings. The number of rotatable bonds is 9. The fourth-order valence-corrected chi connectivity index (χ4v) is 1.96. The van der Waals surface area contributed by atoms with Crippen LogP contribution in [0.4, 0.5) is 0 Å². The van der Waals surface area contributed by atoms with Crippen LogP contribution < -0.4 is 5.32 Å². The van der Waals surface area contributed by atoms with Crippen LogP contribution in [-0.4, -0.2) is 23.8 Å². The molecule has 2 N–H and O–H groups in total. The second kappa shape index (κ2) is 9.00. The summed E-state index contributed by atoms with van der Waals surface area (Å²) in [6.07, 6.45) is 4.92. The van der Waals surface area contributed by atoms with Gasteiger partial charge in [0.05, 0.1) is 6.61 Å². The zero-order valence-electron chi connectivity index (χ0n) is 11.8. The van der Waals surface area contributed by atoms with Gasteiger partial charge in [-0.3, -0.25) is 0 Å². The fourth-order valence-electron chi connectivity index (χ4n) is 1.96. The Morgan fingerprint density at radius 2 is 1.69 bits per heavy atom. The Morgan fingerprint density at radius 3 is 2.12 bits per heavy atom. The van der Waals surface area contributed by atoms with E-state index in [1.807, 2.05) is 0 Å². The normalized spacial score (nSPS) is 17.4. The zero-order valence-corrected chi connectivity index (χ0v) is 11.8. The quantitative estimate of drug-likeness (QED) is 0.636. The van der Waals surface area contributed by atoms with Gasteiger partial charge in [-0.15, -0.1) is 0 Å². The summed E-state index contributed by atoms with van der Waals surface area (Å²) in [5.74, 6) is 1.35. The van der Waals surface area contributed by atoms with Crippen LogP contribution in [-0.2, 0) is 0 Å². The fraction of sp³-hybridized carbons (Fsp3) is 1.00. The molecule has 0 saturated carbocycles. The summed E-state index contributed by atoms with van der Waals surface area (Å²) in [5, 5.41) is 12.9. The molecule has 0 aromatic rings. The van der Waals surface area contributed by atoms with E-state index in [1.165, 1.54) is 19.3 Å². The molecule has 0 saturated heterocycles. The maximum absolute atomic E-state index is 9.33. The first kappa shape index (κ1) is 15.9. The highest BCUT2D eigenvalue weighted by Crippen LogP contribution is 2.11. The zero-order chi connectivity index (χ0) is 12.6. The predicted molar refractivity (Wildman–Crippen MR) is 71.6 cm³/mol. The van der Waals surface area contributed by atoms with Gasteiger partial charge in [-0.2, -0.15) is 0 Å². The molecule has 2 nitrogen and oxygen atoms in total. The summed E-state index contributed by atoms with van der Waals surface area (Å²) in [6.45, 7) is 11.4. The van der Waals surface area contributed by atoms with Gasteiger partial charge in [-0.05, 0) is 25.2 Å². The first-order chi connectivity index (χ1) is 7.51. The second-order valence-corrected chi connectivity index (χ2v) is 5.57. The standard InChI is InChI=1S/C14H31NO/c1-6-12(4)14(10-16)15-13(5)9-7-8-11(2)3/h11-16H,6-10H2,1-5H3.